The minimum atomic E-state index is -0.0213. The number of hydrogen-bond donors (Lipinski definition) is 1. The summed E-state index contributed by atoms with van der Waals surface area (Å²) in [6, 6.07) is 7.68. The molecule has 1 saturated carbocycles. The highest BCUT2D eigenvalue weighted by atomic mass is 16.5. The highest BCUT2D eigenvalue weighted by molar-refractivity contribution is 5.97. The van der Waals surface area contributed by atoms with Gasteiger partial charge in [0, 0.05) is 6.04 Å². The number of ether oxygens (including phenoxy) is 1. The van der Waals surface area contributed by atoms with Crippen LogP contribution in [0, 0.1) is 5.92 Å². The summed E-state index contributed by atoms with van der Waals surface area (Å²) in [6.45, 7) is 2.28. The molecule has 3 nitrogen and oxygen atoms in total. The van der Waals surface area contributed by atoms with Gasteiger partial charge in [-0.15, -0.1) is 0 Å². The van der Waals surface area contributed by atoms with Crippen molar-refractivity contribution in [2.75, 3.05) is 7.11 Å². The molecule has 0 heterocycles. The van der Waals surface area contributed by atoms with Gasteiger partial charge in [-0.05, 0) is 43.7 Å². The van der Waals surface area contributed by atoms with Crippen LogP contribution in [0.2, 0.25) is 0 Å². The summed E-state index contributed by atoms with van der Waals surface area (Å²) < 4.78 is 5.21. The molecule has 0 aliphatic heterocycles. The van der Waals surface area contributed by atoms with E-state index < -0.39 is 0 Å². The van der Waals surface area contributed by atoms with Gasteiger partial charge in [-0.25, -0.2) is 0 Å². The van der Waals surface area contributed by atoms with Gasteiger partial charge in [0.1, 0.15) is 5.75 Å². The van der Waals surface area contributed by atoms with E-state index in [9.17, 15) is 4.79 Å². The molecule has 98 valence electrons. The molecule has 0 unspecified atom stereocenters. The quantitative estimate of drug-likeness (QED) is 0.891. The number of carbonyl (C=O) groups excluding carboxylic acids is 1. The Morgan fingerprint density at radius 1 is 1.22 bits per heavy atom. The number of para-hydroxylation sites is 1. The zero-order valence-corrected chi connectivity index (χ0v) is 11.1. The third kappa shape index (κ3) is 3.03. The van der Waals surface area contributed by atoms with Crippen LogP contribution in [-0.2, 0) is 0 Å². The second-order valence-corrected chi connectivity index (χ2v) is 5.13. The van der Waals surface area contributed by atoms with Crippen LogP contribution in [0.4, 0.5) is 0 Å². The number of carbonyl (C=O) groups is 1. The van der Waals surface area contributed by atoms with E-state index in [0.717, 1.165) is 18.8 Å². The number of benzene rings is 1. The average Bonchev–Trinajstić information content (AvgIpc) is 2.41. The summed E-state index contributed by atoms with van der Waals surface area (Å²) in [5, 5.41) is 3.11. The van der Waals surface area contributed by atoms with E-state index in [4.69, 9.17) is 4.74 Å². The Balaban J connectivity index is 1.99. The first-order valence-corrected chi connectivity index (χ1v) is 6.64. The minimum Gasteiger partial charge on any atom is -0.496 e. The lowest BCUT2D eigenvalue weighted by Crippen LogP contribution is -2.37. The van der Waals surface area contributed by atoms with Gasteiger partial charge in [-0.2, -0.15) is 0 Å². The SMILES string of the molecule is COc1ccccc1C(=O)NC1CCC(C)CC1. The lowest BCUT2D eigenvalue weighted by Gasteiger charge is -2.27. The molecule has 1 aliphatic rings. The molecule has 1 N–H and O–H groups in total. The van der Waals surface area contributed by atoms with E-state index in [1.807, 2.05) is 18.2 Å². The number of methoxy groups -OCH3 is 1. The predicted molar refractivity (Wildman–Crippen MR) is 71.9 cm³/mol. The van der Waals surface area contributed by atoms with Crippen molar-refractivity contribution in [3.63, 3.8) is 0 Å². The molecule has 3 heteroatoms. The number of amides is 1. The monoisotopic (exact) mass is 247 g/mol. The number of rotatable bonds is 3. The normalized spacial score (nSPS) is 23.4. The third-order valence-electron chi connectivity index (χ3n) is 3.70. The summed E-state index contributed by atoms with van der Waals surface area (Å²) in [5.74, 6) is 1.41. The van der Waals surface area contributed by atoms with Crippen molar-refractivity contribution < 1.29 is 9.53 Å². The topological polar surface area (TPSA) is 38.3 Å². The van der Waals surface area contributed by atoms with E-state index in [2.05, 4.69) is 12.2 Å². The third-order valence-corrected chi connectivity index (χ3v) is 3.70. The van der Waals surface area contributed by atoms with Gasteiger partial charge in [-0.1, -0.05) is 19.1 Å². The zero-order valence-electron chi connectivity index (χ0n) is 11.1. The average molecular weight is 247 g/mol. The van der Waals surface area contributed by atoms with Gasteiger partial charge in [0.25, 0.3) is 5.91 Å². The van der Waals surface area contributed by atoms with Crippen molar-refractivity contribution in [3.8, 4) is 5.75 Å². The first-order chi connectivity index (χ1) is 8.70. The fourth-order valence-corrected chi connectivity index (χ4v) is 2.50. The number of hydrogen-bond acceptors (Lipinski definition) is 2. The maximum Gasteiger partial charge on any atom is 0.255 e. The Morgan fingerprint density at radius 3 is 2.56 bits per heavy atom. The van der Waals surface area contributed by atoms with Crippen LogP contribution in [0.1, 0.15) is 43.0 Å². The maximum atomic E-state index is 12.2. The van der Waals surface area contributed by atoms with Crippen LogP contribution in [0.25, 0.3) is 0 Å². The van der Waals surface area contributed by atoms with Gasteiger partial charge >= 0.3 is 0 Å². The molecule has 1 fully saturated rings. The summed E-state index contributed by atoms with van der Waals surface area (Å²) in [7, 11) is 1.59. The largest absolute Gasteiger partial charge is 0.496 e. The smallest absolute Gasteiger partial charge is 0.255 e. The lowest BCUT2D eigenvalue weighted by molar-refractivity contribution is 0.0920. The highest BCUT2D eigenvalue weighted by Crippen LogP contribution is 2.24. The fraction of sp³-hybridized carbons (Fsp3) is 0.533. The summed E-state index contributed by atoms with van der Waals surface area (Å²) >= 11 is 0. The standard InChI is InChI=1S/C15H21NO2/c1-11-7-9-12(10-8-11)16-15(17)13-5-3-4-6-14(13)18-2/h3-6,11-12H,7-10H2,1-2H3,(H,16,17). The lowest BCUT2D eigenvalue weighted by atomic mass is 9.87. The molecule has 1 amide bonds. The predicted octanol–water partition coefficient (Wildman–Crippen LogP) is 3.00. The molecule has 2 rings (SSSR count). The van der Waals surface area contributed by atoms with Gasteiger partial charge in [0.2, 0.25) is 0 Å². The van der Waals surface area contributed by atoms with E-state index >= 15 is 0 Å². The zero-order chi connectivity index (χ0) is 13.0. The molecule has 0 aromatic heterocycles. The molecule has 0 atom stereocenters. The number of nitrogens with one attached hydrogen (secondary N) is 1. The molecule has 0 bridgehead atoms. The summed E-state index contributed by atoms with van der Waals surface area (Å²) in [5.41, 5.74) is 0.624. The van der Waals surface area contributed by atoms with Crippen LogP contribution < -0.4 is 10.1 Å². The van der Waals surface area contributed by atoms with Crippen molar-refractivity contribution in [1.82, 2.24) is 5.32 Å². The summed E-state index contributed by atoms with van der Waals surface area (Å²) in [4.78, 5) is 12.2. The Hall–Kier alpha value is -1.51. The Kier molecular flexibility index (Phi) is 4.24. The van der Waals surface area contributed by atoms with Crippen molar-refractivity contribution in [2.24, 2.45) is 5.92 Å². The molecule has 0 saturated heterocycles. The van der Waals surface area contributed by atoms with E-state index in [1.54, 1.807) is 13.2 Å². The Labute approximate surface area is 109 Å². The van der Waals surface area contributed by atoms with Gasteiger partial charge in [0.05, 0.1) is 12.7 Å². The molecule has 1 aromatic rings. The van der Waals surface area contributed by atoms with Gasteiger partial charge < -0.3 is 10.1 Å². The van der Waals surface area contributed by atoms with Crippen molar-refractivity contribution in [3.05, 3.63) is 29.8 Å². The Bertz CT molecular complexity index is 409. The van der Waals surface area contributed by atoms with Crippen LogP contribution in [0.3, 0.4) is 0 Å². The molecule has 0 radical (unpaired) electrons. The van der Waals surface area contributed by atoms with Gasteiger partial charge in [0.15, 0.2) is 0 Å². The van der Waals surface area contributed by atoms with Crippen molar-refractivity contribution >= 4 is 5.91 Å². The summed E-state index contributed by atoms with van der Waals surface area (Å²) in [6.07, 6.45) is 4.58. The molecule has 1 aliphatic carbocycles. The highest BCUT2D eigenvalue weighted by Gasteiger charge is 2.21. The molecule has 1 aromatic carbocycles. The van der Waals surface area contributed by atoms with Crippen LogP contribution in [0.15, 0.2) is 24.3 Å². The van der Waals surface area contributed by atoms with E-state index in [1.165, 1.54) is 12.8 Å². The first-order valence-electron chi connectivity index (χ1n) is 6.64. The fourth-order valence-electron chi connectivity index (χ4n) is 2.50. The second-order valence-electron chi connectivity index (χ2n) is 5.13. The van der Waals surface area contributed by atoms with Crippen molar-refractivity contribution in [2.45, 2.75) is 38.6 Å². The maximum absolute atomic E-state index is 12.2. The second kappa shape index (κ2) is 5.89. The van der Waals surface area contributed by atoms with E-state index in [0.29, 0.717) is 17.4 Å². The minimum absolute atomic E-state index is 0.0213. The molecular formula is C15H21NO2. The van der Waals surface area contributed by atoms with Crippen molar-refractivity contribution in [1.29, 1.82) is 0 Å². The Morgan fingerprint density at radius 2 is 1.89 bits per heavy atom. The van der Waals surface area contributed by atoms with Crippen LogP contribution in [0.5, 0.6) is 5.75 Å². The first kappa shape index (κ1) is 12.9. The van der Waals surface area contributed by atoms with E-state index in [-0.39, 0.29) is 5.91 Å². The van der Waals surface area contributed by atoms with Crippen LogP contribution >= 0.6 is 0 Å². The van der Waals surface area contributed by atoms with Crippen LogP contribution in [-0.4, -0.2) is 19.1 Å². The molecule has 0 spiro atoms. The molecular weight excluding hydrogens is 226 g/mol. The van der Waals surface area contributed by atoms with Gasteiger partial charge in [-0.3, -0.25) is 4.79 Å². The molecule has 18 heavy (non-hydrogen) atoms.